The lowest BCUT2D eigenvalue weighted by Gasteiger charge is -2.17. The Kier molecular flexibility index (Phi) is 4.05. The third kappa shape index (κ3) is 2.49. The first kappa shape index (κ1) is 16.2. The van der Waals surface area contributed by atoms with Crippen molar-refractivity contribution in [3.8, 4) is 22.6 Å². The predicted molar refractivity (Wildman–Crippen MR) is 105 cm³/mol. The molecule has 0 aliphatic heterocycles. The van der Waals surface area contributed by atoms with E-state index < -0.39 is 0 Å². The third-order valence-electron chi connectivity index (χ3n) is 4.72. The van der Waals surface area contributed by atoms with Gasteiger partial charge in [0.2, 0.25) is 0 Å². The predicted octanol–water partition coefficient (Wildman–Crippen LogP) is 5.49. The van der Waals surface area contributed by atoms with Crippen molar-refractivity contribution in [1.29, 1.82) is 0 Å². The molecule has 0 atom stereocenters. The highest BCUT2D eigenvalue weighted by Crippen LogP contribution is 2.45. The molecule has 0 aliphatic rings. The van der Waals surface area contributed by atoms with Crippen molar-refractivity contribution in [3.63, 3.8) is 0 Å². The summed E-state index contributed by atoms with van der Waals surface area (Å²) in [7, 11) is 3.35. The van der Waals surface area contributed by atoms with Crippen LogP contribution < -0.4 is 9.47 Å². The summed E-state index contributed by atoms with van der Waals surface area (Å²) in [6.45, 7) is 0. The minimum absolute atomic E-state index is 0.651. The first-order valence-electron chi connectivity index (χ1n) is 8.39. The monoisotopic (exact) mass is 342 g/mol. The molecule has 0 radical (unpaired) electrons. The van der Waals surface area contributed by atoms with E-state index in [-0.39, 0.29) is 0 Å². The smallest absolute Gasteiger partial charge is 0.150 e. The van der Waals surface area contributed by atoms with Crippen LogP contribution >= 0.6 is 0 Å². The first-order valence-corrected chi connectivity index (χ1v) is 8.39. The Morgan fingerprint density at radius 1 is 0.692 bits per heavy atom. The lowest BCUT2D eigenvalue weighted by atomic mass is 9.91. The van der Waals surface area contributed by atoms with Gasteiger partial charge in [0.25, 0.3) is 0 Å². The highest BCUT2D eigenvalue weighted by molar-refractivity contribution is 6.10. The van der Waals surface area contributed by atoms with Crippen LogP contribution in [-0.4, -0.2) is 20.5 Å². The van der Waals surface area contributed by atoms with E-state index in [1.807, 2.05) is 48.5 Å². The fourth-order valence-corrected chi connectivity index (χ4v) is 3.51. The lowest BCUT2D eigenvalue weighted by molar-refractivity contribution is 0.112. The van der Waals surface area contributed by atoms with Crippen LogP contribution in [0.5, 0.6) is 11.5 Å². The second kappa shape index (κ2) is 6.52. The fraction of sp³-hybridized carbons (Fsp3) is 0.0870. The van der Waals surface area contributed by atoms with Crippen LogP contribution in [-0.2, 0) is 0 Å². The quantitative estimate of drug-likeness (QED) is 0.460. The molecule has 0 bridgehead atoms. The Morgan fingerprint density at radius 3 is 1.96 bits per heavy atom. The Labute approximate surface area is 151 Å². The molecule has 128 valence electrons. The van der Waals surface area contributed by atoms with Crippen LogP contribution in [0.25, 0.3) is 32.7 Å². The van der Waals surface area contributed by atoms with Gasteiger partial charge in [-0.05, 0) is 39.7 Å². The summed E-state index contributed by atoms with van der Waals surface area (Å²) >= 11 is 0. The number of fused-ring (bicyclic) bond motifs is 2. The van der Waals surface area contributed by atoms with Crippen LogP contribution in [0.3, 0.4) is 0 Å². The van der Waals surface area contributed by atoms with Gasteiger partial charge in [-0.25, -0.2) is 0 Å². The standard InChI is InChI=1S/C23H18O3/c1-25-20-11-8-16-5-3-4-6-18(16)22(20)23-19-10-7-15(14-24)13-17(19)9-12-21(23)26-2/h3-14H,1-2H3. The van der Waals surface area contributed by atoms with Gasteiger partial charge in [-0.15, -0.1) is 0 Å². The molecule has 0 spiro atoms. The maximum absolute atomic E-state index is 11.2. The summed E-state index contributed by atoms with van der Waals surface area (Å²) in [6.07, 6.45) is 0.863. The van der Waals surface area contributed by atoms with Gasteiger partial charge >= 0.3 is 0 Å². The minimum atomic E-state index is 0.651. The zero-order valence-corrected chi connectivity index (χ0v) is 14.7. The molecule has 4 rings (SSSR count). The van der Waals surface area contributed by atoms with Gasteiger partial charge in [-0.1, -0.05) is 48.5 Å². The van der Waals surface area contributed by atoms with Crippen molar-refractivity contribution in [2.24, 2.45) is 0 Å². The second-order valence-electron chi connectivity index (χ2n) is 6.11. The average Bonchev–Trinajstić information content (AvgIpc) is 2.71. The van der Waals surface area contributed by atoms with Crippen LogP contribution in [0, 0.1) is 0 Å². The average molecular weight is 342 g/mol. The molecule has 4 aromatic carbocycles. The second-order valence-corrected chi connectivity index (χ2v) is 6.11. The van der Waals surface area contributed by atoms with Crippen molar-refractivity contribution < 1.29 is 14.3 Å². The molecule has 0 aliphatic carbocycles. The van der Waals surface area contributed by atoms with E-state index in [4.69, 9.17) is 9.47 Å². The van der Waals surface area contributed by atoms with Gasteiger partial charge in [-0.3, -0.25) is 4.79 Å². The number of carbonyl (C=O) groups is 1. The van der Waals surface area contributed by atoms with Gasteiger partial charge in [-0.2, -0.15) is 0 Å². The highest BCUT2D eigenvalue weighted by atomic mass is 16.5. The van der Waals surface area contributed by atoms with Gasteiger partial charge in [0.1, 0.15) is 17.8 Å². The normalized spacial score (nSPS) is 10.8. The molecule has 0 saturated heterocycles. The molecule has 4 aromatic rings. The zero-order chi connectivity index (χ0) is 18.1. The summed E-state index contributed by atoms with van der Waals surface area (Å²) in [5, 5.41) is 4.23. The van der Waals surface area contributed by atoms with E-state index in [2.05, 4.69) is 18.2 Å². The highest BCUT2D eigenvalue weighted by Gasteiger charge is 2.18. The zero-order valence-electron chi connectivity index (χ0n) is 14.7. The molecule has 3 nitrogen and oxygen atoms in total. The number of carbonyl (C=O) groups excluding carboxylic acids is 1. The Balaban J connectivity index is 2.17. The summed E-state index contributed by atoms with van der Waals surface area (Å²) in [4.78, 5) is 11.2. The molecule has 0 N–H and O–H groups in total. The van der Waals surface area contributed by atoms with Crippen LogP contribution in [0.1, 0.15) is 10.4 Å². The molecular formula is C23H18O3. The summed E-state index contributed by atoms with van der Waals surface area (Å²) in [5.41, 5.74) is 2.61. The fourth-order valence-electron chi connectivity index (χ4n) is 3.51. The molecule has 0 fully saturated rings. The third-order valence-corrected chi connectivity index (χ3v) is 4.72. The van der Waals surface area contributed by atoms with Gasteiger partial charge in [0.15, 0.2) is 0 Å². The molecule has 3 heteroatoms. The molecule has 26 heavy (non-hydrogen) atoms. The van der Waals surface area contributed by atoms with Gasteiger partial charge in [0.05, 0.1) is 14.2 Å². The van der Waals surface area contributed by atoms with Crippen molar-refractivity contribution in [2.75, 3.05) is 14.2 Å². The van der Waals surface area contributed by atoms with Crippen molar-refractivity contribution in [3.05, 3.63) is 72.3 Å². The topological polar surface area (TPSA) is 35.5 Å². The van der Waals surface area contributed by atoms with E-state index in [1.54, 1.807) is 14.2 Å². The van der Waals surface area contributed by atoms with Gasteiger partial charge < -0.3 is 9.47 Å². The van der Waals surface area contributed by atoms with Crippen molar-refractivity contribution in [1.82, 2.24) is 0 Å². The van der Waals surface area contributed by atoms with E-state index in [1.165, 1.54) is 0 Å². The number of benzene rings is 4. The van der Waals surface area contributed by atoms with Crippen LogP contribution in [0.2, 0.25) is 0 Å². The Morgan fingerprint density at radius 2 is 1.31 bits per heavy atom. The van der Waals surface area contributed by atoms with Crippen molar-refractivity contribution >= 4 is 27.8 Å². The first-order chi connectivity index (χ1) is 12.8. The maximum Gasteiger partial charge on any atom is 0.150 e. The number of hydrogen-bond acceptors (Lipinski definition) is 3. The van der Waals surface area contributed by atoms with E-state index in [9.17, 15) is 4.79 Å². The Bertz CT molecular complexity index is 1130. The lowest BCUT2D eigenvalue weighted by Crippen LogP contribution is -1.95. The minimum Gasteiger partial charge on any atom is -0.496 e. The van der Waals surface area contributed by atoms with E-state index in [0.717, 1.165) is 50.5 Å². The molecule has 0 amide bonds. The number of aldehydes is 1. The maximum atomic E-state index is 11.2. The molecule has 0 heterocycles. The molecule has 0 saturated carbocycles. The van der Waals surface area contributed by atoms with E-state index in [0.29, 0.717) is 5.56 Å². The number of hydrogen-bond donors (Lipinski definition) is 0. The van der Waals surface area contributed by atoms with Crippen LogP contribution in [0.15, 0.2) is 66.7 Å². The SMILES string of the molecule is COc1ccc2ccccc2c1-c1c(OC)ccc2cc(C=O)ccc12. The summed E-state index contributed by atoms with van der Waals surface area (Å²) in [5.74, 6) is 1.56. The summed E-state index contributed by atoms with van der Waals surface area (Å²) in [6, 6.07) is 21.9. The number of methoxy groups -OCH3 is 2. The Hall–Kier alpha value is -3.33. The van der Waals surface area contributed by atoms with Crippen LogP contribution in [0.4, 0.5) is 0 Å². The molecule has 0 unspecified atom stereocenters. The summed E-state index contributed by atoms with van der Waals surface area (Å²) < 4.78 is 11.4. The number of rotatable bonds is 4. The van der Waals surface area contributed by atoms with Gasteiger partial charge in [0, 0.05) is 16.7 Å². The molecule has 0 aromatic heterocycles. The van der Waals surface area contributed by atoms with Crippen molar-refractivity contribution in [2.45, 2.75) is 0 Å². The number of ether oxygens (including phenoxy) is 2. The van der Waals surface area contributed by atoms with E-state index >= 15 is 0 Å². The molecular weight excluding hydrogens is 324 g/mol. The largest absolute Gasteiger partial charge is 0.496 e.